The van der Waals surface area contributed by atoms with Gasteiger partial charge in [-0.15, -0.1) is 0 Å². The number of carbonyl (C=O) groups is 1. The van der Waals surface area contributed by atoms with Crippen LogP contribution in [0.4, 0.5) is 10.1 Å². The van der Waals surface area contributed by atoms with Gasteiger partial charge in [-0.25, -0.2) is 4.39 Å². The number of halogens is 2. The number of aryl methyl sites for hydroxylation is 2. The zero-order chi connectivity index (χ0) is 17.3. The fraction of sp³-hybridized carbons (Fsp3) is 0.316. The number of rotatable bonds is 2. The van der Waals surface area contributed by atoms with E-state index in [1.54, 1.807) is 17.9 Å². The standard InChI is InChI=1S/C19H20ClFN2O/c1-13-9-15(11-17(21)10-13)19(24)23-7-5-22(6-8-23)18-12-16(20)4-3-14(18)2/h3-4,9-12H,5-8H2,1-2H3. The predicted molar refractivity (Wildman–Crippen MR) is 95.4 cm³/mol. The van der Waals surface area contributed by atoms with Gasteiger partial charge in [-0.1, -0.05) is 17.7 Å². The molecule has 0 radical (unpaired) electrons. The Bertz CT molecular complexity index is 750. The number of nitrogens with zero attached hydrogens (tertiary/aromatic N) is 2. The second kappa shape index (κ2) is 6.81. The highest BCUT2D eigenvalue weighted by molar-refractivity contribution is 6.30. The zero-order valence-corrected chi connectivity index (χ0v) is 14.6. The largest absolute Gasteiger partial charge is 0.368 e. The third-order valence-corrected chi connectivity index (χ3v) is 4.60. The number of hydrogen-bond acceptors (Lipinski definition) is 2. The molecule has 0 aliphatic carbocycles. The highest BCUT2D eigenvalue weighted by atomic mass is 35.5. The number of carbonyl (C=O) groups excluding carboxylic acids is 1. The lowest BCUT2D eigenvalue weighted by Crippen LogP contribution is -2.49. The molecule has 0 unspecified atom stereocenters. The van der Waals surface area contributed by atoms with E-state index >= 15 is 0 Å². The molecule has 0 bridgehead atoms. The van der Waals surface area contributed by atoms with E-state index in [0.717, 1.165) is 24.3 Å². The maximum Gasteiger partial charge on any atom is 0.254 e. The lowest BCUT2D eigenvalue weighted by Gasteiger charge is -2.37. The predicted octanol–water partition coefficient (Wildman–Crippen LogP) is 4.06. The van der Waals surface area contributed by atoms with E-state index in [4.69, 9.17) is 11.6 Å². The summed E-state index contributed by atoms with van der Waals surface area (Å²) in [6, 6.07) is 10.3. The number of piperazine rings is 1. The van der Waals surface area contributed by atoms with Crippen molar-refractivity contribution in [1.29, 1.82) is 0 Å². The van der Waals surface area contributed by atoms with Gasteiger partial charge in [0, 0.05) is 42.5 Å². The number of benzene rings is 2. The molecular formula is C19H20ClFN2O. The monoisotopic (exact) mass is 346 g/mol. The average Bonchev–Trinajstić information content (AvgIpc) is 2.56. The molecule has 2 aromatic rings. The van der Waals surface area contributed by atoms with E-state index in [0.29, 0.717) is 23.7 Å². The van der Waals surface area contributed by atoms with E-state index in [-0.39, 0.29) is 11.7 Å². The number of anilines is 1. The van der Waals surface area contributed by atoms with Crippen molar-refractivity contribution in [1.82, 2.24) is 4.90 Å². The van der Waals surface area contributed by atoms with Gasteiger partial charge in [0.25, 0.3) is 5.91 Å². The minimum absolute atomic E-state index is 0.111. The second-order valence-corrected chi connectivity index (χ2v) is 6.66. The molecule has 0 saturated carbocycles. The van der Waals surface area contributed by atoms with Crippen molar-refractivity contribution in [3.05, 3.63) is 63.9 Å². The fourth-order valence-corrected chi connectivity index (χ4v) is 3.28. The van der Waals surface area contributed by atoms with Gasteiger partial charge in [0.1, 0.15) is 5.82 Å². The van der Waals surface area contributed by atoms with Gasteiger partial charge >= 0.3 is 0 Å². The molecule has 0 atom stereocenters. The van der Waals surface area contributed by atoms with Gasteiger partial charge < -0.3 is 9.80 Å². The fourth-order valence-electron chi connectivity index (χ4n) is 3.12. The average molecular weight is 347 g/mol. The summed E-state index contributed by atoms with van der Waals surface area (Å²) in [6.45, 7) is 6.54. The molecule has 1 aliphatic heterocycles. The van der Waals surface area contributed by atoms with Crippen molar-refractivity contribution in [2.75, 3.05) is 31.1 Å². The van der Waals surface area contributed by atoms with Crippen molar-refractivity contribution in [2.45, 2.75) is 13.8 Å². The van der Waals surface area contributed by atoms with Crippen LogP contribution in [0.5, 0.6) is 0 Å². The van der Waals surface area contributed by atoms with Crippen LogP contribution in [0, 0.1) is 19.7 Å². The summed E-state index contributed by atoms with van der Waals surface area (Å²) in [4.78, 5) is 16.6. The Morgan fingerprint density at radius 1 is 1.04 bits per heavy atom. The Morgan fingerprint density at radius 2 is 1.75 bits per heavy atom. The van der Waals surface area contributed by atoms with Crippen LogP contribution in [0.2, 0.25) is 5.02 Å². The first-order valence-electron chi connectivity index (χ1n) is 8.01. The maximum absolute atomic E-state index is 13.5. The molecule has 0 spiro atoms. The molecule has 24 heavy (non-hydrogen) atoms. The lowest BCUT2D eigenvalue weighted by atomic mass is 10.1. The second-order valence-electron chi connectivity index (χ2n) is 6.23. The molecule has 0 aromatic heterocycles. The van der Waals surface area contributed by atoms with Gasteiger partial charge in [-0.2, -0.15) is 0 Å². The Hall–Kier alpha value is -2.07. The third-order valence-electron chi connectivity index (χ3n) is 4.37. The smallest absolute Gasteiger partial charge is 0.254 e. The normalized spacial score (nSPS) is 14.8. The van der Waals surface area contributed by atoms with E-state index < -0.39 is 0 Å². The van der Waals surface area contributed by atoms with Gasteiger partial charge in [0.15, 0.2) is 0 Å². The van der Waals surface area contributed by atoms with Gasteiger partial charge in [0.2, 0.25) is 0 Å². The first-order chi connectivity index (χ1) is 11.4. The van der Waals surface area contributed by atoms with E-state index in [1.807, 2.05) is 18.2 Å². The van der Waals surface area contributed by atoms with Crippen LogP contribution >= 0.6 is 11.6 Å². The van der Waals surface area contributed by atoms with Crippen LogP contribution in [0.15, 0.2) is 36.4 Å². The Labute approximate surface area is 146 Å². The van der Waals surface area contributed by atoms with Crippen LogP contribution in [0.3, 0.4) is 0 Å². The molecule has 0 N–H and O–H groups in total. The molecule has 3 rings (SSSR count). The molecule has 3 nitrogen and oxygen atoms in total. The van der Waals surface area contributed by atoms with Crippen molar-refractivity contribution in [3.63, 3.8) is 0 Å². The van der Waals surface area contributed by atoms with Crippen molar-refractivity contribution in [3.8, 4) is 0 Å². The van der Waals surface area contributed by atoms with Crippen LogP contribution in [-0.4, -0.2) is 37.0 Å². The highest BCUT2D eigenvalue weighted by Crippen LogP contribution is 2.25. The van der Waals surface area contributed by atoms with Crippen LogP contribution < -0.4 is 4.90 Å². The summed E-state index contributed by atoms with van der Waals surface area (Å²) in [5.41, 5.74) is 3.45. The third kappa shape index (κ3) is 3.54. The summed E-state index contributed by atoms with van der Waals surface area (Å²) < 4.78 is 13.5. The quantitative estimate of drug-likeness (QED) is 0.818. The first-order valence-corrected chi connectivity index (χ1v) is 8.39. The highest BCUT2D eigenvalue weighted by Gasteiger charge is 2.23. The van der Waals surface area contributed by atoms with Crippen molar-refractivity contribution >= 4 is 23.2 Å². The van der Waals surface area contributed by atoms with Crippen LogP contribution in [-0.2, 0) is 0 Å². The summed E-state index contributed by atoms with van der Waals surface area (Å²) in [7, 11) is 0. The SMILES string of the molecule is Cc1cc(F)cc(C(=O)N2CCN(c3cc(Cl)ccc3C)CC2)c1. The molecule has 1 fully saturated rings. The minimum Gasteiger partial charge on any atom is -0.368 e. The Morgan fingerprint density at radius 3 is 2.42 bits per heavy atom. The molecule has 5 heteroatoms. The number of amides is 1. The van der Waals surface area contributed by atoms with Crippen molar-refractivity contribution in [2.24, 2.45) is 0 Å². The van der Waals surface area contributed by atoms with Crippen LogP contribution in [0.25, 0.3) is 0 Å². The summed E-state index contributed by atoms with van der Waals surface area (Å²) in [5.74, 6) is -0.480. The Kier molecular flexibility index (Phi) is 4.76. The van der Waals surface area contributed by atoms with Gasteiger partial charge in [-0.05, 0) is 55.3 Å². The molecule has 2 aromatic carbocycles. The first kappa shape index (κ1) is 16.8. The van der Waals surface area contributed by atoms with Crippen LogP contribution in [0.1, 0.15) is 21.5 Å². The molecule has 1 aliphatic rings. The summed E-state index contributed by atoms with van der Waals surface area (Å²) in [5, 5.41) is 0.712. The lowest BCUT2D eigenvalue weighted by molar-refractivity contribution is 0.0746. The summed E-state index contributed by atoms with van der Waals surface area (Å²) >= 11 is 6.10. The molecular weight excluding hydrogens is 327 g/mol. The Balaban J connectivity index is 1.70. The molecule has 1 amide bonds. The van der Waals surface area contributed by atoms with E-state index in [1.165, 1.54) is 17.7 Å². The van der Waals surface area contributed by atoms with E-state index in [2.05, 4.69) is 11.8 Å². The van der Waals surface area contributed by atoms with Gasteiger partial charge in [-0.3, -0.25) is 4.79 Å². The summed E-state index contributed by atoms with van der Waals surface area (Å²) in [6.07, 6.45) is 0. The zero-order valence-electron chi connectivity index (χ0n) is 13.9. The molecule has 126 valence electrons. The van der Waals surface area contributed by atoms with Gasteiger partial charge in [0.05, 0.1) is 0 Å². The van der Waals surface area contributed by atoms with E-state index in [9.17, 15) is 9.18 Å². The number of hydrogen-bond donors (Lipinski definition) is 0. The minimum atomic E-state index is -0.369. The topological polar surface area (TPSA) is 23.6 Å². The van der Waals surface area contributed by atoms with Crippen molar-refractivity contribution < 1.29 is 9.18 Å². The molecule has 1 heterocycles. The maximum atomic E-state index is 13.5. The molecule has 1 saturated heterocycles.